The van der Waals surface area contributed by atoms with Gasteiger partial charge in [-0.3, -0.25) is 0 Å². The van der Waals surface area contributed by atoms with Crippen LogP contribution in [0.3, 0.4) is 0 Å². The molecule has 5 aromatic rings. The Morgan fingerprint density at radius 1 is 0.690 bits per heavy atom. The molecule has 0 atom stereocenters. The maximum Gasteiger partial charge on any atom is 0.135 e. The lowest BCUT2D eigenvalue weighted by molar-refractivity contribution is 0.660. The van der Waals surface area contributed by atoms with Gasteiger partial charge in [-0.1, -0.05) is 80.0 Å². The standard InChI is InChI=1S/C27H19BO/c1-27(2)22-8-4-3-6-18(22)19-12-10-17(15-23(19)27)16-11-13-25-21(14-16)20-7-5-9-24(28)26(20)29-25/h3-15H,1-2H3. The molecule has 1 aromatic heterocycles. The van der Waals surface area contributed by atoms with E-state index in [2.05, 4.69) is 80.6 Å². The lowest BCUT2D eigenvalue weighted by Crippen LogP contribution is -2.14. The van der Waals surface area contributed by atoms with Crippen molar-refractivity contribution in [3.8, 4) is 22.3 Å². The fraction of sp³-hybridized carbons (Fsp3) is 0.111. The van der Waals surface area contributed by atoms with Crippen molar-refractivity contribution in [2.45, 2.75) is 19.3 Å². The molecule has 2 radical (unpaired) electrons. The second-order valence-electron chi connectivity index (χ2n) is 8.47. The third kappa shape index (κ3) is 2.23. The SMILES string of the molecule is [B]c1cccc2c1oc1ccc(-c3ccc4c(c3)C(C)(C)c3ccccc3-4)cc12. The van der Waals surface area contributed by atoms with Crippen LogP contribution in [-0.4, -0.2) is 7.85 Å². The molecule has 0 aliphatic heterocycles. The largest absolute Gasteiger partial charge is 0.457 e. The second-order valence-corrected chi connectivity index (χ2v) is 8.47. The molecule has 0 saturated carbocycles. The van der Waals surface area contributed by atoms with Crippen LogP contribution in [0, 0.1) is 0 Å². The second kappa shape index (κ2) is 5.64. The normalized spacial score (nSPS) is 14.3. The molecule has 1 nitrogen and oxygen atoms in total. The summed E-state index contributed by atoms with van der Waals surface area (Å²) < 4.78 is 6.00. The molecular weight excluding hydrogens is 351 g/mol. The highest BCUT2D eigenvalue weighted by molar-refractivity contribution is 6.39. The summed E-state index contributed by atoms with van der Waals surface area (Å²) in [5.74, 6) is 0. The van der Waals surface area contributed by atoms with E-state index in [0.29, 0.717) is 5.46 Å². The smallest absolute Gasteiger partial charge is 0.135 e. The molecule has 0 amide bonds. The molecule has 0 fully saturated rings. The van der Waals surface area contributed by atoms with Crippen molar-refractivity contribution in [2.24, 2.45) is 0 Å². The molecule has 1 aliphatic rings. The number of para-hydroxylation sites is 1. The number of hydrogen-bond donors (Lipinski definition) is 0. The molecule has 0 saturated heterocycles. The zero-order valence-corrected chi connectivity index (χ0v) is 16.5. The minimum absolute atomic E-state index is 0.00280. The van der Waals surface area contributed by atoms with Crippen molar-refractivity contribution < 1.29 is 4.42 Å². The van der Waals surface area contributed by atoms with E-state index in [1.807, 2.05) is 12.1 Å². The Balaban J connectivity index is 1.55. The molecular formula is C27H19BO. The van der Waals surface area contributed by atoms with Crippen LogP contribution in [0.1, 0.15) is 25.0 Å². The minimum Gasteiger partial charge on any atom is -0.457 e. The maximum atomic E-state index is 6.11. The Hall–Kier alpha value is -3.26. The molecule has 1 heterocycles. The monoisotopic (exact) mass is 370 g/mol. The van der Waals surface area contributed by atoms with Crippen LogP contribution < -0.4 is 5.46 Å². The van der Waals surface area contributed by atoms with Gasteiger partial charge in [-0.25, -0.2) is 0 Å². The molecule has 0 spiro atoms. The van der Waals surface area contributed by atoms with Gasteiger partial charge in [0.25, 0.3) is 0 Å². The Morgan fingerprint density at radius 3 is 2.34 bits per heavy atom. The zero-order chi connectivity index (χ0) is 19.8. The summed E-state index contributed by atoms with van der Waals surface area (Å²) in [6.07, 6.45) is 0. The number of rotatable bonds is 1. The lowest BCUT2D eigenvalue weighted by atomic mass is 9.81. The van der Waals surface area contributed by atoms with Crippen LogP contribution in [0.2, 0.25) is 0 Å². The van der Waals surface area contributed by atoms with Gasteiger partial charge in [-0.15, -0.1) is 0 Å². The van der Waals surface area contributed by atoms with Crippen LogP contribution in [0.25, 0.3) is 44.2 Å². The third-order valence-corrected chi connectivity index (χ3v) is 6.44. The molecule has 0 bridgehead atoms. The Bertz CT molecular complexity index is 1440. The van der Waals surface area contributed by atoms with Crippen LogP contribution in [0.5, 0.6) is 0 Å². The maximum absolute atomic E-state index is 6.11. The molecule has 4 aromatic carbocycles. The van der Waals surface area contributed by atoms with Crippen molar-refractivity contribution in [1.29, 1.82) is 0 Å². The topological polar surface area (TPSA) is 13.1 Å². The van der Waals surface area contributed by atoms with E-state index in [9.17, 15) is 0 Å². The van der Waals surface area contributed by atoms with Gasteiger partial charge in [0, 0.05) is 16.2 Å². The van der Waals surface area contributed by atoms with Gasteiger partial charge in [0.05, 0.1) is 0 Å². The Labute approximate surface area is 171 Å². The first kappa shape index (κ1) is 16.7. The molecule has 29 heavy (non-hydrogen) atoms. The molecule has 136 valence electrons. The van der Waals surface area contributed by atoms with E-state index in [-0.39, 0.29) is 5.41 Å². The van der Waals surface area contributed by atoms with Gasteiger partial charge in [-0.2, -0.15) is 0 Å². The van der Waals surface area contributed by atoms with Crippen LogP contribution in [0.4, 0.5) is 0 Å². The van der Waals surface area contributed by atoms with Gasteiger partial charge in [-0.05, 0) is 51.6 Å². The van der Waals surface area contributed by atoms with E-state index >= 15 is 0 Å². The summed E-state index contributed by atoms with van der Waals surface area (Å²) in [6, 6.07) is 27.9. The van der Waals surface area contributed by atoms with E-state index < -0.39 is 0 Å². The quantitative estimate of drug-likeness (QED) is 0.313. The van der Waals surface area contributed by atoms with Gasteiger partial charge in [0.2, 0.25) is 0 Å². The predicted octanol–water partition coefficient (Wildman–Crippen LogP) is 6.35. The number of hydrogen-bond acceptors (Lipinski definition) is 1. The molecule has 2 heteroatoms. The van der Waals surface area contributed by atoms with Crippen molar-refractivity contribution >= 4 is 35.2 Å². The summed E-state index contributed by atoms with van der Waals surface area (Å²) in [7, 11) is 6.11. The van der Waals surface area contributed by atoms with E-state index in [1.54, 1.807) is 0 Å². The highest BCUT2D eigenvalue weighted by atomic mass is 16.3. The number of benzene rings is 4. The molecule has 6 rings (SSSR count). The molecule has 0 unspecified atom stereocenters. The first-order valence-corrected chi connectivity index (χ1v) is 9.99. The Morgan fingerprint density at radius 2 is 1.45 bits per heavy atom. The first-order valence-electron chi connectivity index (χ1n) is 9.99. The van der Waals surface area contributed by atoms with Crippen LogP contribution >= 0.6 is 0 Å². The summed E-state index contributed by atoms with van der Waals surface area (Å²) in [5, 5.41) is 2.17. The third-order valence-electron chi connectivity index (χ3n) is 6.44. The lowest BCUT2D eigenvalue weighted by Gasteiger charge is -2.22. The van der Waals surface area contributed by atoms with Gasteiger partial charge in [0.1, 0.15) is 19.0 Å². The molecule has 1 aliphatic carbocycles. The van der Waals surface area contributed by atoms with E-state index in [1.165, 1.54) is 33.4 Å². The highest BCUT2D eigenvalue weighted by Gasteiger charge is 2.35. The minimum atomic E-state index is 0.00280. The summed E-state index contributed by atoms with van der Waals surface area (Å²) in [6.45, 7) is 4.63. The van der Waals surface area contributed by atoms with Crippen molar-refractivity contribution in [2.75, 3.05) is 0 Å². The van der Waals surface area contributed by atoms with Crippen molar-refractivity contribution in [1.82, 2.24) is 0 Å². The highest BCUT2D eigenvalue weighted by Crippen LogP contribution is 2.49. The van der Waals surface area contributed by atoms with E-state index in [4.69, 9.17) is 12.3 Å². The first-order chi connectivity index (χ1) is 14.0. The van der Waals surface area contributed by atoms with Crippen molar-refractivity contribution in [3.63, 3.8) is 0 Å². The fourth-order valence-corrected chi connectivity index (χ4v) is 4.88. The van der Waals surface area contributed by atoms with Gasteiger partial charge < -0.3 is 4.42 Å². The summed E-state index contributed by atoms with van der Waals surface area (Å²) in [5.41, 5.74) is 10.2. The number of furan rings is 1. The number of fused-ring (bicyclic) bond motifs is 6. The summed E-state index contributed by atoms with van der Waals surface area (Å²) in [4.78, 5) is 0. The van der Waals surface area contributed by atoms with Crippen molar-refractivity contribution in [3.05, 3.63) is 90.0 Å². The van der Waals surface area contributed by atoms with Gasteiger partial charge in [0.15, 0.2) is 0 Å². The zero-order valence-electron chi connectivity index (χ0n) is 16.5. The van der Waals surface area contributed by atoms with Crippen LogP contribution in [-0.2, 0) is 5.41 Å². The summed E-state index contributed by atoms with van der Waals surface area (Å²) >= 11 is 0. The van der Waals surface area contributed by atoms with Gasteiger partial charge >= 0.3 is 0 Å². The van der Waals surface area contributed by atoms with Crippen LogP contribution in [0.15, 0.2) is 83.3 Å². The fourth-order valence-electron chi connectivity index (χ4n) is 4.88. The average Bonchev–Trinajstić information content (AvgIpc) is 3.22. The Kier molecular flexibility index (Phi) is 3.24. The predicted molar refractivity (Wildman–Crippen MR) is 122 cm³/mol. The average molecular weight is 370 g/mol. The molecule has 0 N–H and O–H groups in total. The van der Waals surface area contributed by atoms with E-state index in [0.717, 1.165) is 21.9 Å².